The Balaban J connectivity index is 2.43. The lowest BCUT2D eigenvalue weighted by Gasteiger charge is -2.22. The Morgan fingerprint density at radius 1 is 1.05 bits per heavy atom. The first-order chi connectivity index (χ1) is 9.79. The zero-order chi connectivity index (χ0) is 14.6. The van der Waals surface area contributed by atoms with E-state index in [1.807, 2.05) is 10.3 Å². The van der Waals surface area contributed by atoms with Gasteiger partial charge >= 0.3 is 0 Å². The average Bonchev–Trinajstić information content (AvgIpc) is 2.99. The van der Waals surface area contributed by atoms with Crippen LogP contribution in [0.1, 0.15) is 75.7 Å². The van der Waals surface area contributed by atoms with Crippen LogP contribution in [0.5, 0.6) is 0 Å². The molecule has 0 aliphatic rings. The maximum Gasteiger partial charge on any atom is 0.273 e. The average molecular weight is 296 g/mol. The molecule has 0 saturated carbocycles. The van der Waals surface area contributed by atoms with Crippen molar-refractivity contribution in [3.05, 3.63) is 16.6 Å². The molecule has 20 heavy (non-hydrogen) atoms. The molecule has 0 atom stereocenters. The predicted molar refractivity (Wildman–Crippen MR) is 86.3 cm³/mol. The minimum Gasteiger partial charge on any atom is -0.337 e. The zero-order valence-corrected chi connectivity index (χ0v) is 13.8. The molecule has 0 radical (unpaired) electrons. The summed E-state index contributed by atoms with van der Waals surface area (Å²) in [6.45, 7) is 6.18. The van der Waals surface area contributed by atoms with E-state index < -0.39 is 0 Å². The first-order valence-corrected chi connectivity index (χ1v) is 8.91. The van der Waals surface area contributed by atoms with Gasteiger partial charge in [0.15, 0.2) is 0 Å². The fraction of sp³-hybridized carbons (Fsp3) is 0.750. The standard InChI is InChI=1S/C16H28N2OS/c1-3-5-7-9-11-18(12-10-8-6-4-2)16(19)15-13-20-14-17-15/h13-14H,3-12H2,1-2H3. The molecular formula is C16H28N2OS. The molecule has 0 aliphatic carbocycles. The fourth-order valence-electron chi connectivity index (χ4n) is 2.25. The van der Waals surface area contributed by atoms with Gasteiger partial charge in [-0.1, -0.05) is 52.4 Å². The minimum atomic E-state index is 0.110. The van der Waals surface area contributed by atoms with Crippen molar-refractivity contribution in [2.45, 2.75) is 65.2 Å². The highest BCUT2D eigenvalue weighted by atomic mass is 32.1. The van der Waals surface area contributed by atoms with Crippen molar-refractivity contribution in [1.82, 2.24) is 9.88 Å². The van der Waals surface area contributed by atoms with Crippen LogP contribution in [-0.4, -0.2) is 28.9 Å². The van der Waals surface area contributed by atoms with E-state index >= 15 is 0 Å². The second-order valence-corrected chi connectivity index (χ2v) is 6.01. The lowest BCUT2D eigenvalue weighted by Crippen LogP contribution is -2.33. The fourth-order valence-corrected chi connectivity index (χ4v) is 2.78. The molecule has 114 valence electrons. The van der Waals surface area contributed by atoms with E-state index in [-0.39, 0.29) is 5.91 Å². The number of thiazole rings is 1. The van der Waals surface area contributed by atoms with Crippen molar-refractivity contribution >= 4 is 17.2 Å². The second-order valence-electron chi connectivity index (χ2n) is 5.29. The highest BCUT2D eigenvalue weighted by Crippen LogP contribution is 2.10. The van der Waals surface area contributed by atoms with Gasteiger partial charge in [0.1, 0.15) is 5.69 Å². The minimum absolute atomic E-state index is 0.110. The number of carbonyl (C=O) groups excluding carboxylic acids is 1. The highest BCUT2D eigenvalue weighted by molar-refractivity contribution is 7.07. The van der Waals surface area contributed by atoms with Crippen LogP contribution in [-0.2, 0) is 0 Å². The number of aromatic nitrogens is 1. The summed E-state index contributed by atoms with van der Waals surface area (Å²) in [4.78, 5) is 18.6. The Bertz CT molecular complexity index is 339. The molecule has 1 aromatic rings. The summed E-state index contributed by atoms with van der Waals surface area (Å²) in [6.07, 6.45) is 9.63. The van der Waals surface area contributed by atoms with Crippen molar-refractivity contribution < 1.29 is 4.79 Å². The van der Waals surface area contributed by atoms with Gasteiger partial charge < -0.3 is 4.90 Å². The van der Waals surface area contributed by atoms with Crippen LogP contribution in [0.25, 0.3) is 0 Å². The Kier molecular flexibility index (Phi) is 9.29. The number of unbranched alkanes of at least 4 members (excludes halogenated alkanes) is 6. The number of hydrogen-bond donors (Lipinski definition) is 0. The van der Waals surface area contributed by atoms with E-state index in [2.05, 4.69) is 18.8 Å². The zero-order valence-electron chi connectivity index (χ0n) is 12.9. The van der Waals surface area contributed by atoms with Crippen LogP contribution in [0.2, 0.25) is 0 Å². The van der Waals surface area contributed by atoms with E-state index in [4.69, 9.17) is 0 Å². The summed E-state index contributed by atoms with van der Waals surface area (Å²) in [6, 6.07) is 0. The van der Waals surface area contributed by atoms with Crippen LogP contribution in [0.3, 0.4) is 0 Å². The van der Waals surface area contributed by atoms with Gasteiger partial charge in [0.25, 0.3) is 5.91 Å². The molecule has 1 amide bonds. The van der Waals surface area contributed by atoms with E-state index in [9.17, 15) is 4.79 Å². The third-order valence-corrected chi connectivity index (χ3v) is 4.09. The molecule has 0 aromatic carbocycles. The number of carbonyl (C=O) groups is 1. The Hall–Kier alpha value is -0.900. The van der Waals surface area contributed by atoms with E-state index in [1.54, 1.807) is 5.51 Å². The normalized spacial score (nSPS) is 10.7. The summed E-state index contributed by atoms with van der Waals surface area (Å²) in [5.74, 6) is 0.110. The summed E-state index contributed by atoms with van der Waals surface area (Å²) in [5, 5.41) is 1.85. The topological polar surface area (TPSA) is 33.2 Å². The molecule has 3 nitrogen and oxygen atoms in total. The Morgan fingerprint density at radius 3 is 2.10 bits per heavy atom. The molecule has 0 unspecified atom stereocenters. The van der Waals surface area contributed by atoms with Gasteiger partial charge in [-0.2, -0.15) is 0 Å². The summed E-state index contributed by atoms with van der Waals surface area (Å²) < 4.78 is 0. The number of nitrogens with zero attached hydrogens (tertiary/aromatic N) is 2. The van der Waals surface area contributed by atoms with Crippen LogP contribution in [0.15, 0.2) is 10.9 Å². The lowest BCUT2D eigenvalue weighted by atomic mass is 10.1. The van der Waals surface area contributed by atoms with Crippen LogP contribution in [0.4, 0.5) is 0 Å². The molecule has 0 bridgehead atoms. The van der Waals surface area contributed by atoms with Crippen LogP contribution in [0, 0.1) is 0 Å². The molecule has 0 N–H and O–H groups in total. The molecule has 0 spiro atoms. The third kappa shape index (κ3) is 6.51. The first-order valence-electron chi connectivity index (χ1n) is 7.97. The highest BCUT2D eigenvalue weighted by Gasteiger charge is 2.16. The quantitative estimate of drug-likeness (QED) is 0.552. The third-order valence-electron chi connectivity index (χ3n) is 3.50. The molecule has 1 rings (SSSR count). The smallest absolute Gasteiger partial charge is 0.273 e. The van der Waals surface area contributed by atoms with Gasteiger partial charge in [-0.3, -0.25) is 4.79 Å². The molecule has 0 aliphatic heterocycles. The van der Waals surface area contributed by atoms with Crippen LogP contribution < -0.4 is 0 Å². The number of hydrogen-bond acceptors (Lipinski definition) is 3. The van der Waals surface area contributed by atoms with Gasteiger partial charge in [-0.05, 0) is 12.8 Å². The van der Waals surface area contributed by atoms with Crippen LogP contribution >= 0.6 is 11.3 Å². The Labute approximate surface area is 127 Å². The maximum atomic E-state index is 12.4. The summed E-state index contributed by atoms with van der Waals surface area (Å²) in [7, 11) is 0. The molecule has 1 aromatic heterocycles. The van der Waals surface area contributed by atoms with Gasteiger partial charge in [0.05, 0.1) is 5.51 Å². The van der Waals surface area contributed by atoms with E-state index in [1.165, 1.54) is 49.9 Å². The van der Waals surface area contributed by atoms with Gasteiger partial charge in [0.2, 0.25) is 0 Å². The molecule has 0 fully saturated rings. The summed E-state index contributed by atoms with van der Waals surface area (Å²) in [5.41, 5.74) is 2.35. The van der Waals surface area contributed by atoms with E-state index in [0.29, 0.717) is 5.69 Å². The molecule has 1 heterocycles. The van der Waals surface area contributed by atoms with Crippen molar-refractivity contribution in [3.63, 3.8) is 0 Å². The summed E-state index contributed by atoms with van der Waals surface area (Å²) >= 11 is 1.49. The Morgan fingerprint density at radius 2 is 1.65 bits per heavy atom. The van der Waals surface area contributed by atoms with Gasteiger partial charge in [-0.15, -0.1) is 11.3 Å². The largest absolute Gasteiger partial charge is 0.337 e. The van der Waals surface area contributed by atoms with Gasteiger partial charge in [0, 0.05) is 18.5 Å². The molecular weight excluding hydrogens is 268 g/mol. The van der Waals surface area contributed by atoms with Gasteiger partial charge in [-0.25, -0.2) is 4.98 Å². The SMILES string of the molecule is CCCCCCN(CCCCCC)C(=O)c1cscn1. The van der Waals surface area contributed by atoms with Crippen molar-refractivity contribution in [3.8, 4) is 0 Å². The molecule has 0 saturated heterocycles. The van der Waals surface area contributed by atoms with Crippen molar-refractivity contribution in [2.24, 2.45) is 0 Å². The first kappa shape index (κ1) is 17.2. The maximum absolute atomic E-state index is 12.4. The predicted octanol–water partition coefficient (Wildman–Crippen LogP) is 4.75. The number of amides is 1. The van der Waals surface area contributed by atoms with Crippen molar-refractivity contribution in [1.29, 1.82) is 0 Å². The second kappa shape index (κ2) is 10.8. The monoisotopic (exact) mass is 296 g/mol. The number of rotatable bonds is 11. The lowest BCUT2D eigenvalue weighted by molar-refractivity contribution is 0.0744. The van der Waals surface area contributed by atoms with Crippen molar-refractivity contribution in [2.75, 3.05) is 13.1 Å². The van der Waals surface area contributed by atoms with E-state index in [0.717, 1.165) is 25.9 Å². The molecule has 4 heteroatoms.